The topological polar surface area (TPSA) is 46.5 Å². The molecule has 3 nitrogen and oxygen atoms in total. The first-order valence-electron chi connectivity index (χ1n) is 4.27. The first kappa shape index (κ1) is 9.26. The van der Waals surface area contributed by atoms with Crippen molar-refractivity contribution in [2.45, 2.75) is 31.8 Å². The van der Waals surface area contributed by atoms with E-state index in [1.165, 1.54) is 0 Å². The molecular formula is C9H14O3. The van der Waals surface area contributed by atoms with Crippen molar-refractivity contribution in [2.75, 3.05) is 6.61 Å². The van der Waals surface area contributed by atoms with Gasteiger partial charge < -0.3 is 9.84 Å². The van der Waals surface area contributed by atoms with Gasteiger partial charge in [0.1, 0.15) is 0 Å². The zero-order valence-electron chi connectivity index (χ0n) is 7.03. The maximum Gasteiger partial charge on any atom is 0.307 e. The van der Waals surface area contributed by atoms with Crippen LogP contribution < -0.4 is 0 Å². The molecule has 0 aromatic rings. The molecule has 0 aromatic heterocycles. The predicted molar refractivity (Wildman–Crippen MR) is 45.0 cm³/mol. The number of ether oxygens (including phenoxy) is 1. The van der Waals surface area contributed by atoms with Crippen LogP contribution in [-0.4, -0.2) is 23.8 Å². The smallest absolute Gasteiger partial charge is 0.307 e. The van der Waals surface area contributed by atoms with E-state index in [9.17, 15) is 4.79 Å². The van der Waals surface area contributed by atoms with Crippen LogP contribution in [0.5, 0.6) is 0 Å². The van der Waals surface area contributed by atoms with Crippen LogP contribution in [0.3, 0.4) is 0 Å². The minimum absolute atomic E-state index is 0.118. The van der Waals surface area contributed by atoms with Crippen molar-refractivity contribution in [2.24, 2.45) is 0 Å². The first-order chi connectivity index (χ1) is 5.79. The molecule has 0 amide bonds. The largest absolute Gasteiger partial charge is 0.481 e. The van der Waals surface area contributed by atoms with Crippen LogP contribution in [0.2, 0.25) is 0 Å². The lowest BCUT2D eigenvalue weighted by molar-refractivity contribution is -0.136. The lowest BCUT2D eigenvalue weighted by Gasteiger charge is -2.03. The standard InChI is InChI=1S/C9H14O3/c10-9(11)6-2-1-4-8-5-3-7-12-8/h1-2,8H,3-7H2,(H,10,11)/b2-1-. The lowest BCUT2D eigenvalue weighted by atomic mass is 10.2. The predicted octanol–water partition coefficient (Wildman–Crippen LogP) is 1.59. The number of carbonyl (C=O) groups is 1. The van der Waals surface area contributed by atoms with Gasteiger partial charge in [-0.2, -0.15) is 0 Å². The van der Waals surface area contributed by atoms with Gasteiger partial charge in [0.25, 0.3) is 0 Å². The summed E-state index contributed by atoms with van der Waals surface area (Å²) in [6.07, 6.45) is 7.12. The molecule has 0 radical (unpaired) electrons. The molecule has 1 saturated heterocycles. The summed E-state index contributed by atoms with van der Waals surface area (Å²) in [6.45, 7) is 0.859. The number of hydrogen-bond acceptors (Lipinski definition) is 2. The second kappa shape index (κ2) is 4.93. The SMILES string of the molecule is O=C(O)C/C=C\CC1CCCO1. The van der Waals surface area contributed by atoms with Gasteiger partial charge in [-0.25, -0.2) is 0 Å². The zero-order valence-corrected chi connectivity index (χ0v) is 7.03. The van der Waals surface area contributed by atoms with Gasteiger partial charge >= 0.3 is 5.97 Å². The molecule has 68 valence electrons. The third-order valence-electron chi connectivity index (χ3n) is 1.88. The van der Waals surface area contributed by atoms with E-state index in [0.717, 1.165) is 25.9 Å². The summed E-state index contributed by atoms with van der Waals surface area (Å²) in [4.78, 5) is 10.1. The van der Waals surface area contributed by atoms with Crippen molar-refractivity contribution in [3.8, 4) is 0 Å². The molecule has 1 unspecified atom stereocenters. The molecule has 0 spiro atoms. The Kier molecular flexibility index (Phi) is 3.80. The normalized spacial score (nSPS) is 23.5. The Balaban J connectivity index is 2.07. The van der Waals surface area contributed by atoms with E-state index in [2.05, 4.69) is 0 Å². The first-order valence-corrected chi connectivity index (χ1v) is 4.27. The highest BCUT2D eigenvalue weighted by atomic mass is 16.5. The van der Waals surface area contributed by atoms with E-state index < -0.39 is 5.97 Å². The van der Waals surface area contributed by atoms with Crippen LogP contribution in [0.25, 0.3) is 0 Å². The van der Waals surface area contributed by atoms with Gasteiger partial charge in [0.05, 0.1) is 12.5 Å². The van der Waals surface area contributed by atoms with Gasteiger partial charge in [0.15, 0.2) is 0 Å². The van der Waals surface area contributed by atoms with E-state index in [0.29, 0.717) is 6.10 Å². The van der Waals surface area contributed by atoms with E-state index in [1.807, 2.05) is 6.08 Å². The molecule has 1 aliphatic rings. The van der Waals surface area contributed by atoms with Gasteiger partial charge in [0, 0.05) is 6.61 Å². The Hall–Kier alpha value is -0.830. The highest BCUT2D eigenvalue weighted by Crippen LogP contribution is 2.15. The van der Waals surface area contributed by atoms with Crippen LogP contribution in [-0.2, 0) is 9.53 Å². The molecule has 0 aliphatic carbocycles. The third kappa shape index (κ3) is 3.53. The lowest BCUT2D eigenvalue weighted by Crippen LogP contribution is -2.02. The molecule has 1 rings (SSSR count). The highest BCUT2D eigenvalue weighted by Gasteiger charge is 2.12. The second-order valence-corrected chi connectivity index (χ2v) is 2.94. The zero-order chi connectivity index (χ0) is 8.81. The molecule has 0 saturated carbocycles. The summed E-state index contributed by atoms with van der Waals surface area (Å²) in [5.41, 5.74) is 0. The van der Waals surface area contributed by atoms with Crippen molar-refractivity contribution in [3.05, 3.63) is 12.2 Å². The molecule has 1 N–H and O–H groups in total. The number of hydrogen-bond donors (Lipinski definition) is 1. The van der Waals surface area contributed by atoms with Crippen molar-refractivity contribution < 1.29 is 14.6 Å². The van der Waals surface area contributed by atoms with Crippen LogP contribution in [0.4, 0.5) is 0 Å². The average Bonchev–Trinajstić information content (AvgIpc) is 2.49. The van der Waals surface area contributed by atoms with Crippen molar-refractivity contribution in [1.29, 1.82) is 0 Å². The molecular weight excluding hydrogens is 156 g/mol. The van der Waals surface area contributed by atoms with E-state index >= 15 is 0 Å². The Morgan fingerprint density at radius 3 is 3.00 bits per heavy atom. The summed E-state index contributed by atoms with van der Waals surface area (Å²) in [5, 5.41) is 8.32. The monoisotopic (exact) mass is 170 g/mol. The highest BCUT2D eigenvalue weighted by molar-refractivity contribution is 5.68. The fourth-order valence-corrected chi connectivity index (χ4v) is 1.26. The minimum atomic E-state index is -0.779. The van der Waals surface area contributed by atoms with Gasteiger partial charge in [-0.05, 0) is 19.3 Å². The van der Waals surface area contributed by atoms with Crippen LogP contribution >= 0.6 is 0 Å². The molecule has 1 fully saturated rings. The molecule has 0 bridgehead atoms. The maximum absolute atomic E-state index is 10.1. The minimum Gasteiger partial charge on any atom is -0.481 e. The fourth-order valence-electron chi connectivity index (χ4n) is 1.26. The molecule has 1 aliphatic heterocycles. The molecule has 1 heterocycles. The summed E-state index contributed by atoms with van der Waals surface area (Å²) in [6, 6.07) is 0. The van der Waals surface area contributed by atoms with Crippen LogP contribution in [0.1, 0.15) is 25.7 Å². The van der Waals surface area contributed by atoms with E-state index in [4.69, 9.17) is 9.84 Å². The average molecular weight is 170 g/mol. The number of aliphatic carboxylic acids is 1. The Labute approximate surface area is 72.0 Å². The van der Waals surface area contributed by atoms with Gasteiger partial charge in [-0.15, -0.1) is 0 Å². The van der Waals surface area contributed by atoms with Crippen LogP contribution in [0.15, 0.2) is 12.2 Å². The van der Waals surface area contributed by atoms with E-state index in [1.54, 1.807) is 6.08 Å². The Bertz CT molecular complexity index is 169. The van der Waals surface area contributed by atoms with Crippen LogP contribution in [0, 0.1) is 0 Å². The number of carboxylic acid groups (broad SMARTS) is 1. The third-order valence-corrected chi connectivity index (χ3v) is 1.88. The van der Waals surface area contributed by atoms with Crippen molar-refractivity contribution in [3.63, 3.8) is 0 Å². The second-order valence-electron chi connectivity index (χ2n) is 2.94. The van der Waals surface area contributed by atoms with Crippen molar-refractivity contribution >= 4 is 5.97 Å². The molecule has 12 heavy (non-hydrogen) atoms. The van der Waals surface area contributed by atoms with Gasteiger partial charge in [-0.1, -0.05) is 12.2 Å². The quantitative estimate of drug-likeness (QED) is 0.651. The Morgan fingerprint density at radius 2 is 2.42 bits per heavy atom. The number of rotatable bonds is 4. The van der Waals surface area contributed by atoms with Crippen molar-refractivity contribution in [1.82, 2.24) is 0 Å². The molecule has 1 atom stereocenters. The number of carboxylic acids is 1. The summed E-state index contributed by atoms with van der Waals surface area (Å²) in [7, 11) is 0. The van der Waals surface area contributed by atoms with E-state index in [-0.39, 0.29) is 6.42 Å². The molecule has 0 aromatic carbocycles. The maximum atomic E-state index is 10.1. The van der Waals surface area contributed by atoms with Gasteiger partial charge in [0.2, 0.25) is 0 Å². The summed E-state index contributed by atoms with van der Waals surface area (Å²) >= 11 is 0. The Morgan fingerprint density at radius 1 is 1.58 bits per heavy atom. The molecule has 3 heteroatoms. The van der Waals surface area contributed by atoms with Gasteiger partial charge in [-0.3, -0.25) is 4.79 Å². The summed E-state index contributed by atoms with van der Waals surface area (Å²) in [5.74, 6) is -0.779. The fraction of sp³-hybridized carbons (Fsp3) is 0.667. The summed E-state index contributed by atoms with van der Waals surface area (Å²) < 4.78 is 5.36.